The van der Waals surface area contributed by atoms with Crippen LogP contribution in [0.3, 0.4) is 0 Å². The Morgan fingerprint density at radius 2 is 2.28 bits per heavy atom. The molecule has 18 heavy (non-hydrogen) atoms. The number of nitrogens with zero attached hydrogens (tertiary/aromatic N) is 3. The minimum atomic E-state index is -0.124. The average Bonchev–Trinajstić information content (AvgIpc) is 2.75. The van der Waals surface area contributed by atoms with Crippen LogP contribution in [-0.2, 0) is 11.8 Å². The second-order valence-electron chi connectivity index (χ2n) is 3.65. The molecule has 0 aliphatic carbocycles. The number of hydrogen-bond acceptors (Lipinski definition) is 5. The number of carbonyl (C=O) groups is 1. The fourth-order valence-electron chi connectivity index (χ4n) is 1.33. The highest BCUT2D eigenvalue weighted by molar-refractivity contribution is 7.99. The van der Waals surface area contributed by atoms with Gasteiger partial charge in [-0.05, 0) is 12.1 Å². The summed E-state index contributed by atoms with van der Waals surface area (Å²) in [6.07, 6.45) is 1.59. The number of para-hydroxylation sites is 2. The summed E-state index contributed by atoms with van der Waals surface area (Å²) >= 11 is 1.32. The van der Waals surface area contributed by atoms with E-state index in [1.807, 2.05) is 19.2 Å². The van der Waals surface area contributed by atoms with E-state index in [-0.39, 0.29) is 11.7 Å². The Labute approximate surface area is 109 Å². The fourth-order valence-corrected chi connectivity index (χ4v) is 2.02. The first kappa shape index (κ1) is 12.4. The van der Waals surface area contributed by atoms with E-state index in [0.717, 1.165) is 0 Å². The highest BCUT2D eigenvalue weighted by Gasteiger charge is 2.08. The van der Waals surface area contributed by atoms with Crippen molar-refractivity contribution in [2.75, 3.05) is 16.8 Å². The zero-order valence-electron chi connectivity index (χ0n) is 9.83. The number of anilines is 2. The molecule has 0 saturated heterocycles. The lowest BCUT2D eigenvalue weighted by Gasteiger charge is -2.07. The van der Waals surface area contributed by atoms with Crippen molar-refractivity contribution < 1.29 is 4.79 Å². The van der Waals surface area contributed by atoms with Gasteiger partial charge in [0, 0.05) is 7.05 Å². The van der Waals surface area contributed by atoms with Crippen molar-refractivity contribution in [1.82, 2.24) is 14.8 Å². The Bertz CT molecular complexity index is 554. The first-order valence-electron chi connectivity index (χ1n) is 5.28. The van der Waals surface area contributed by atoms with Crippen molar-refractivity contribution in [3.8, 4) is 0 Å². The number of benzene rings is 1. The van der Waals surface area contributed by atoms with Crippen molar-refractivity contribution in [3.63, 3.8) is 0 Å². The average molecular weight is 263 g/mol. The summed E-state index contributed by atoms with van der Waals surface area (Å²) in [6.45, 7) is 0. The molecule has 0 unspecified atom stereocenters. The number of carbonyl (C=O) groups excluding carboxylic acids is 1. The molecule has 7 heteroatoms. The number of nitrogens with one attached hydrogen (secondary N) is 1. The Morgan fingerprint density at radius 3 is 2.94 bits per heavy atom. The van der Waals surface area contributed by atoms with Crippen LogP contribution >= 0.6 is 11.8 Å². The molecule has 2 rings (SSSR count). The summed E-state index contributed by atoms with van der Waals surface area (Å²) in [7, 11) is 1.83. The van der Waals surface area contributed by atoms with Gasteiger partial charge in [-0.2, -0.15) is 0 Å². The van der Waals surface area contributed by atoms with Gasteiger partial charge in [0.25, 0.3) is 0 Å². The molecule has 0 fully saturated rings. The molecule has 0 spiro atoms. The zero-order chi connectivity index (χ0) is 13.0. The molecular weight excluding hydrogens is 250 g/mol. The maximum Gasteiger partial charge on any atom is 0.234 e. The summed E-state index contributed by atoms with van der Waals surface area (Å²) in [6, 6.07) is 7.15. The van der Waals surface area contributed by atoms with E-state index >= 15 is 0 Å². The van der Waals surface area contributed by atoms with Gasteiger partial charge >= 0.3 is 0 Å². The third kappa shape index (κ3) is 3.01. The standard InChI is InChI=1S/C11H13N5OS/c1-16-7-13-15-11(16)18-6-10(17)14-9-5-3-2-4-8(9)12/h2-5,7H,6,12H2,1H3,(H,14,17). The van der Waals surface area contributed by atoms with Gasteiger partial charge in [0.15, 0.2) is 5.16 Å². The van der Waals surface area contributed by atoms with Gasteiger partial charge in [-0.25, -0.2) is 0 Å². The summed E-state index contributed by atoms with van der Waals surface area (Å²) in [4.78, 5) is 11.7. The van der Waals surface area contributed by atoms with Gasteiger partial charge in [0.05, 0.1) is 17.1 Å². The summed E-state index contributed by atoms with van der Waals surface area (Å²) in [5.41, 5.74) is 6.91. The number of aromatic nitrogens is 3. The van der Waals surface area contributed by atoms with Gasteiger partial charge in [0.2, 0.25) is 5.91 Å². The van der Waals surface area contributed by atoms with Crippen LogP contribution in [0.1, 0.15) is 0 Å². The molecule has 1 heterocycles. The van der Waals surface area contributed by atoms with E-state index in [2.05, 4.69) is 15.5 Å². The molecule has 0 aliphatic rings. The van der Waals surface area contributed by atoms with E-state index < -0.39 is 0 Å². The molecule has 0 bridgehead atoms. The number of nitrogens with two attached hydrogens (primary N) is 1. The highest BCUT2D eigenvalue weighted by atomic mass is 32.2. The predicted octanol–water partition coefficient (Wildman–Crippen LogP) is 1.13. The van der Waals surface area contributed by atoms with Gasteiger partial charge in [-0.1, -0.05) is 23.9 Å². The molecule has 3 N–H and O–H groups in total. The van der Waals surface area contributed by atoms with Crippen LogP contribution in [-0.4, -0.2) is 26.4 Å². The third-order valence-corrected chi connectivity index (χ3v) is 3.27. The first-order chi connectivity index (χ1) is 8.66. The normalized spacial score (nSPS) is 10.3. The van der Waals surface area contributed by atoms with Crippen LogP contribution in [0.4, 0.5) is 11.4 Å². The third-order valence-electron chi connectivity index (χ3n) is 2.24. The van der Waals surface area contributed by atoms with Gasteiger partial charge in [-0.15, -0.1) is 10.2 Å². The Kier molecular flexibility index (Phi) is 3.83. The number of thioether (sulfide) groups is 1. The number of nitrogen functional groups attached to an aromatic ring is 1. The molecule has 0 radical (unpaired) electrons. The van der Waals surface area contributed by atoms with Crippen LogP contribution in [0, 0.1) is 0 Å². The molecular formula is C11H13N5OS. The molecule has 6 nitrogen and oxygen atoms in total. The van der Waals surface area contributed by atoms with Crippen molar-refractivity contribution >= 4 is 29.0 Å². The van der Waals surface area contributed by atoms with E-state index in [9.17, 15) is 4.79 Å². The van der Waals surface area contributed by atoms with Gasteiger partial charge in [0.1, 0.15) is 6.33 Å². The summed E-state index contributed by atoms with van der Waals surface area (Å²) < 4.78 is 1.76. The minimum absolute atomic E-state index is 0.124. The molecule has 1 aromatic carbocycles. The lowest BCUT2D eigenvalue weighted by atomic mass is 10.3. The second kappa shape index (κ2) is 5.54. The van der Waals surface area contributed by atoms with Crippen molar-refractivity contribution in [3.05, 3.63) is 30.6 Å². The molecule has 1 aromatic heterocycles. The zero-order valence-corrected chi connectivity index (χ0v) is 10.6. The first-order valence-corrected chi connectivity index (χ1v) is 6.26. The largest absolute Gasteiger partial charge is 0.397 e. The van der Waals surface area contributed by atoms with E-state index in [1.54, 1.807) is 23.0 Å². The molecule has 1 amide bonds. The van der Waals surface area contributed by atoms with E-state index in [0.29, 0.717) is 16.5 Å². The van der Waals surface area contributed by atoms with Crippen LogP contribution in [0.5, 0.6) is 0 Å². The smallest absolute Gasteiger partial charge is 0.234 e. The van der Waals surface area contributed by atoms with Crippen LogP contribution in [0.15, 0.2) is 35.7 Å². The maximum absolute atomic E-state index is 11.7. The number of amides is 1. The number of aryl methyl sites for hydroxylation is 1. The Hall–Kier alpha value is -2.02. The molecule has 94 valence electrons. The molecule has 0 aliphatic heterocycles. The summed E-state index contributed by atoms with van der Waals surface area (Å²) in [5.74, 6) is 0.141. The van der Waals surface area contributed by atoms with Crippen LogP contribution in [0.2, 0.25) is 0 Å². The molecule has 0 atom stereocenters. The van der Waals surface area contributed by atoms with E-state index in [1.165, 1.54) is 11.8 Å². The Balaban J connectivity index is 1.90. The van der Waals surface area contributed by atoms with Gasteiger partial charge in [-0.3, -0.25) is 4.79 Å². The van der Waals surface area contributed by atoms with Crippen molar-refractivity contribution in [1.29, 1.82) is 0 Å². The Morgan fingerprint density at radius 1 is 1.50 bits per heavy atom. The number of hydrogen-bond donors (Lipinski definition) is 2. The highest BCUT2D eigenvalue weighted by Crippen LogP contribution is 2.18. The second-order valence-corrected chi connectivity index (χ2v) is 4.59. The molecule has 2 aromatic rings. The van der Waals surface area contributed by atoms with Crippen molar-refractivity contribution in [2.45, 2.75) is 5.16 Å². The minimum Gasteiger partial charge on any atom is -0.397 e. The quantitative estimate of drug-likeness (QED) is 0.638. The number of rotatable bonds is 4. The lowest BCUT2D eigenvalue weighted by Crippen LogP contribution is -2.15. The predicted molar refractivity (Wildman–Crippen MR) is 71.2 cm³/mol. The van der Waals surface area contributed by atoms with Gasteiger partial charge < -0.3 is 15.6 Å². The summed E-state index contributed by atoms with van der Waals surface area (Å²) in [5, 5.41) is 11.1. The monoisotopic (exact) mass is 263 g/mol. The maximum atomic E-state index is 11.7. The van der Waals surface area contributed by atoms with Crippen LogP contribution < -0.4 is 11.1 Å². The van der Waals surface area contributed by atoms with Crippen LogP contribution in [0.25, 0.3) is 0 Å². The van der Waals surface area contributed by atoms with Crippen molar-refractivity contribution in [2.24, 2.45) is 7.05 Å². The molecule has 0 saturated carbocycles. The lowest BCUT2D eigenvalue weighted by molar-refractivity contribution is -0.113. The topological polar surface area (TPSA) is 85.8 Å². The van der Waals surface area contributed by atoms with E-state index in [4.69, 9.17) is 5.73 Å². The SMILES string of the molecule is Cn1cnnc1SCC(=O)Nc1ccccc1N. The fraction of sp³-hybridized carbons (Fsp3) is 0.182.